The van der Waals surface area contributed by atoms with Crippen molar-refractivity contribution in [3.63, 3.8) is 0 Å². The normalized spacial score (nSPS) is 13.3. The van der Waals surface area contributed by atoms with Crippen molar-refractivity contribution in [2.45, 2.75) is 44.9 Å². The highest BCUT2D eigenvalue weighted by Crippen LogP contribution is 2.22. The number of ether oxygens (including phenoxy) is 2. The molecule has 0 saturated heterocycles. The molecule has 12 nitrogen and oxygen atoms in total. The van der Waals surface area contributed by atoms with Crippen molar-refractivity contribution in [1.82, 2.24) is 20.5 Å². The van der Waals surface area contributed by atoms with Crippen LogP contribution in [0.15, 0.2) is 30.5 Å². The SMILES string of the molecule is COC(=O)[C@H](C)NC(=O)Cn1cc(C[C@H](N)C(=O)NCC(=O)N[C@H](C)C(=O)OC)c2ccccc21. The van der Waals surface area contributed by atoms with E-state index in [0.717, 1.165) is 16.5 Å². The minimum Gasteiger partial charge on any atom is -0.467 e. The monoisotopic (exact) mass is 489 g/mol. The summed E-state index contributed by atoms with van der Waals surface area (Å²) in [6.45, 7) is 2.58. The van der Waals surface area contributed by atoms with Crippen LogP contribution in [0.3, 0.4) is 0 Å². The molecule has 0 unspecified atom stereocenters. The van der Waals surface area contributed by atoms with Crippen LogP contribution in [0.2, 0.25) is 0 Å². The van der Waals surface area contributed by atoms with E-state index in [4.69, 9.17) is 5.73 Å². The zero-order valence-corrected chi connectivity index (χ0v) is 20.1. The van der Waals surface area contributed by atoms with Gasteiger partial charge in [0.25, 0.3) is 0 Å². The van der Waals surface area contributed by atoms with Crippen LogP contribution in [-0.4, -0.2) is 73.1 Å². The summed E-state index contributed by atoms with van der Waals surface area (Å²) in [5, 5.41) is 8.24. The highest BCUT2D eigenvalue weighted by Gasteiger charge is 2.21. The van der Waals surface area contributed by atoms with E-state index in [0.29, 0.717) is 0 Å². The summed E-state index contributed by atoms with van der Waals surface area (Å²) in [6, 6.07) is 4.71. The predicted octanol–water partition coefficient (Wildman–Crippen LogP) is -1.02. The van der Waals surface area contributed by atoms with Gasteiger partial charge in [0.05, 0.1) is 26.8 Å². The van der Waals surface area contributed by atoms with E-state index in [1.165, 1.54) is 28.1 Å². The van der Waals surface area contributed by atoms with Crippen LogP contribution in [0.5, 0.6) is 0 Å². The third-order valence-electron chi connectivity index (χ3n) is 5.25. The van der Waals surface area contributed by atoms with Crippen molar-refractivity contribution in [2.75, 3.05) is 20.8 Å². The smallest absolute Gasteiger partial charge is 0.328 e. The second kappa shape index (κ2) is 12.5. The number of carbonyl (C=O) groups excluding carboxylic acids is 5. The van der Waals surface area contributed by atoms with Crippen LogP contribution >= 0.6 is 0 Å². The number of nitrogens with two attached hydrogens (primary N) is 1. The summed E-state index contributed by atoms with van der Waals surface area (Å²) < 4.78 is 10.8. The quantitative estimate of drug-likeness (QED) is 0.291. The number of hydrogen-bond donors (Lipinski definition) is 4. The number of rotatable bonds is 11. The Morgan fingerprint density at radius 3 is 2.11 bits per heavy atom. The fourth-order valence-corrected chi connectivity index (χ4v) is 3.45. The van der Waals surface area contributed by atoms with Gasteiger partial charge >= 0.3 is 11.9 Å². The molecule has 3 amide bonds. The molecule has 0 bridgehead atoms. The number of hydrogen-bond acceptors (Lipinski definition) is 8. The van der Waals surface area contributed by atoms with E-state index >= 15 is 0 Å². The van der Waals surface area contributed by atoms with Gasteiger partial charge in [-0.2, -0.15) is 0 Å². The van der Waals surface area contributed by atoms with Gasteiger partial charge in [-0.3, -0.25) is 14.4 Å². The zero-order valence-electron chi connectivity index (χ0n) is 20.1. The molecule has 12 heteroatoms. The standard InChI is InChI=1S/C23H31N5O7/c1-13(22(32)34-3)26-19(29)10-25-21(31)17(24)9-15-11-28(18-8-6-5-7-16(15)18)12-20(30)27-14(2)23(33)35-4/h5-8,11,13-14,17H,9-10,12,24H2,1-4H3,(H,25,31)(H,26,29)(H,27,30)/t13-,14+,17+/m1/s1. The van der Waals surface area contributed by atoms with E-state index in [1.807, 2.05) is 24.3 Å². The summed E-state index contributed by atoms with van der Waals surface area (Å²) in [4.78, 5) is 59.7. The number of aromatic nitrogens is 1. The molecule has 3 atom stereocenters. The van der Waals surface area contributed by atoms with Crippen molar-refractivity contribution in [2.24, 2.45) is 5.73 Å². The molecular formula is C23H31N5O7. The zero-order chi connectivity index (χ0) is 26.1. The number of nitrogens with one attached hydrogen (secondary N) is 3. The maximum atomic E-state index is 12.4. The minimum absolute atomic E-state index is 0.0537. The van der Waals surface area contributed by atoms with Gasteiger partial charge in [0.2, 0.25) is 17.7 Å². The van der Waals surface area contributed by atoms with E-state index in [9.17, 15) is 24.0 Å². The lowest BCUT2D eigenvalue weighted by atomic mass is 10.1. The Labute approximate surface area is 202 Å². The summed E-state index contributed by atoms with van der Waals surface area (Å²) in [5.41, 5.74) is 7.56. The topological polar surface area (TPSA) is 171 Å². The molecule has 1 aromatic carbocycles. The number of carbonyl (C=O) groups is 5. The molecule has 0 spiro atoms. The molecule has 0 aliphatic heterocycles. The molecule has 0 radical (unpaired) electrons. The lowest BCUT2D eigenvalue weighted by molar-refractivity contribution is -0.144. The van der Waals surface area contributed by atoms with E-state index in [1.54, 1.807) is 10.8 Å². The first-order valence-corrected chi connectivity index (χ1v) is 10.9. The van der Waals surface area contributed by atoms with Gasteiger partial charge < -0.3 is 35.7 Å². The Hall–Kier alpha value is -3.93. The summed E-state index contributed by atoms with van der Waals surface area (Å²) in [6.07, 6.45) is 1.88. The second-order valence-corrected chi connectivity index (χ2v) is 7.95. The van der Waals surface area contributed by atoms with Crippen molar-refractivity contribution >= 4 is 40.6 Å². The summed E-state index contributed by atoms with van der Waals surface area (Å²) in [5.74, 6) is -2.66. The third-order valence-corrected chi connectivity index (χ3v) is 5.25. The average molecular weight is 490 g/mol. The maximum absolute atomic E-state index is 12.4. The number of fused-ring (bicyclic) bond motifs is 1. The number of amides is 3. The highest BCUT2D eigenvalue weighted by molar-refractivity contribution is 5.91. The Morgan fingerprint density at radius 1 is 0.943 bits per heavy atom. The fraction of sp³-hybridized carbons (Fsp3) is 0.435. The molecule has 2 rings (SSSR count). The number of esters is 2. The fourth-order valence-electron chi connectivity index (χ4n) is 3.45. The highest BCUT2D eigenvalue weighted by atomic mass is 16.5. The van der Waals surface area contributed by atoms with Crippen molar-refractivity contribution in [3.05, 3.63) is 36.0 Å². The second-order valence-electron chi connectivity index (χ2n) is 7.95. The Bertz CT molecular complexity index is 1100. The lowest BCUT2D eigenvalue weighted by Crippen LogP contribution is -2.48. The number of para-hydroxylation sites is 1. The first kappa shape index (κ1) is 27.3. The molecule has 0 fully saturated rings. The lowest BCUT2D eigenvalue weighted by Gasteiger charge is -2.14. The molecule has 190 valence electrons. The van der Waals surface area contributed by atoms with E-state index < -0.39 is 41.9 Å². The maximum Gasteiger partial charge on any atom is 0.328 e. The van der Waals surface area contributed by atoms with Crippen LogP contribution in [0.25, 0.3) is 10.9 Å². The first-order chi connectivity index (χ1) is 16.6. The van der Waals surface area contributed by atoms with Gasteiger partial charge in [0.1, 0.15) is 18.6 Å². The molecule has 1 aromatic heterocycles. The molecule has 35 heavy (non-hydrogen) atoms. The van der Waals surface area contributed by atoms with E-state index in [2.05, 4.69) is 25.4 Å². The van der Waals surface area contributed by atoms with Gasteiger partial charge in [0, 0.05) is 17.1 Å². The summed E-state index contributed by atoms with van der Waals surface area (Å²) >= 11 is 0. The minimum atomic E-state index is -0.965. The van der Waals surface area contributed by atoms with Gasteiger partial charge in [-0.05, 0) is 31.9 Å². The molecular weight excluding hydrogens is 458 g/mol. The Kier molecular flexibility index (Phi) is 9.76. The molecule has 2 aromatic rings. The van der Waals surface area contributed by atoms with Crippen LogP contribution < -0.4 is 21.7 Å². The molecule has 0 aliphatic rings. The van der Waals surface area contributed by atoms with Crippen LogP contribution in [0.4, 0.5) is 0 Å². The molecule has 5 N–H and O–H groups in total. The van der Waals surface area contributed by atoms with Crippen LogP contribution in [0.1, 0.15) is 19.4 Å². The van der Waals surface area contributed by atoms with Gasteiger partial charge in [-0.25, -0.2) is 9.59 Å². The molecule has 0 saturated carbocycles. The van der Waals surface area contributed by atoms with Gasteiger partial charge in [0.15, 0.2) is 0 Å². The number of benzene rings is 1. The van der Waals surface area contributed by atoms with Crippen LogP contribution in [0, 0.1) is 0 Å². The Balaban J connectivity index is 2.03. The molecule has 1 heterocycles. The van der Waals surface area contributed by atoms with Gasteiger partial charge in [-0.1, -0.05) is 18.2 Å². The average Bonchev–Trinajstić information content (AvgIpc) is 3.17. The third kappa shape index (κ3) is 7.54. The largest absolute Gasteiger partial charge is 0.467 e. The van der Waals surface area contributed by atoms with Gasteiger partial charge in [-0.15, -0.1) is 0 Å². The predicted molar refractivity (Wildman–Crippen MR) is 126 cm³/mol. The van der Waals surface area contributed by atoms with Crippen LogP contribution in [-0.2, 0) is 46.4 Å². The number of nitrogens with zero attached hydrogens (tertiary/aromatic N) is 1. The van der Waals surface area contributed by atoms with Crippen molar-refractivity contribution < 1.29 is 33.4 Å². The molecule has 0 aliphatic carbocycles. The van der Waals surface area contributed by atoms with E-state index in [-0.39, 0.29) is 25.4 Å². The summed E-state index contributed by atoms with van der Waals surface area (Å²) in [7, 11) is 2.45. The van der Waals surface area contributed by atoms with Crippen molar-refractivity contribution in [3.8, 4) is 0 Å². The first-order valence-electron chi connectivity index (χ1n) is 10.9. The number of methoxy groups -OCH3 is 2. The van der Waals surface area contributed by atoms with Crippen molar-refractivity contribution in [1.29, 1.82) is 0 Å². The Morgan fingerprint density at radius 2 is 1.51 bits per heavy atom.